The Bertz CT molecular complexity index is 126. The minimum absolute atomic E-state index is 0.385. The molecular formula is C10H21NOS. The van der Waals surface area contributed by atoms with Crippen molar-refractivity contribution in [3.05, 3.63) is 0 Å². The standard InChI is InChI=1S/C10H21NOS/c1-9(2)12-6-4-3-5-11-10-7-13-8-10/h9-11H,3-8H2,1-2H3. The highest BCUT2D eigenvalue weighted by molar-refractivity contribution is 8.00. The second-order valence-corrected chi connectivity index (χ2v) is 4.89. The number of hydrogen-bond acceptors (Lipinski definition) is 3. The fourth-order valence-corrected chi connectivity index (χ4v) is 1.91. The maximum absolute atomic E-state index is 5.46. The van der Waals surface area contributed by atoms with Crippen LogP contribution < -0.4 is 5.32 Å². The molecule has 1 aliphatic rings. The Morgan fingerprint density at radius 2 is 2.15 bits per heavy atom. The average Bonchev–Trinajstić information content (AvgIpc) is 1.99. The summed E-state index contributed by atoms with van der Waals surface area (Å²) < 4.78 is 5.46. The summed E-state index contributed by atoms with van der Waals surface area (Å²) in [5, 5.41) is 3.53. The molecule has 0 aromatic rings. The lowest BCUT2D eigenvalue weighted by molar-refractivity contribution is 0.0760. The topological polar surface area (TPSA) is 21.3 Å². The van der Waals surface area contributed by atoms with Gasteiger partial charge in [-0.15, -0.1) is 0 Å². The van der Waals surface area contributed by atoms with E-state index in [-0.39, 0.29) is 0 Å². The van der Waals surface area contributed by atoms with Crippen molar-refractivity contribution in [2.45, 2.75) is 38.8 Å². The molecule has 1 saturated heterocycles. The molecule has 0 aromatic heterocycles. The van der Waals surface area contributed by atoms with Gasteiger partial charge in [0.2, 0.25) is 0 Å². The summed E-state index contributed by atoms with van der Waals surface area (Å²) in [6.07, 6.45) is 2.81. The van der Waals surface area contributed by atoms with Crippen LogP contribution in [0.1, 0.15) is 26.7 Å². The van der Waals surface area contributed by atoms with Crippen LogP contribution in [0.25, 0.3) is 0 Å². The number of thioether (sulfide) groups is 1. The molecule has 2 nitrogen and oxygen atoms in total. The Kier molecular flexibility index (Phi) is 5.83. The highest BCUT2D eigenvalue weighted by Crippen LogP contribution is 2.16. The molecule has 1 fully saturated rings. The molecule has 0 radical (unpaired) electrons. The van der Waals surface area contributed by atoms with Gasteiger partial charge >= 0.3 is 0 Å². The maximum Gasteiger partial charge on any atom is 0.0518 e. The molecule has 0 unspecified atom stereocenters. The molecule has 1 N–H and O–H groups in total. The number of ether oxygens (including phenoxy) is 1. The lowest BCUT2D eigenvalue weighted by Gasteiger charge is -2.25. The van der Waals surface area contributed by atoms with Crippen molar-refractivity contribution in [3.8, 4) is 0 Å². The lowest BCUT2D eigenvalue weighted by Crippen LogP contribution is -2.40. The molecule has 0 amide bonds. The van der Waals surface area contributed by atoms with E-state index in [1.54, 1.807) is 0 Å². The first-order chi connectivity index (χ1) is 6.29. The van der Waals surface area contributed by atoms with Crippen LogP contribution in [0.3, 0.4) is 0 Å². The van der Waals surface area contributed by atoms with Crippen molar-refractivity contribution in [3.63, 3.8) is 0 Å². The van der Waals surface area contributed by atoms with Gasteiger partial charge in [-0.25, -0.2) is 0 Å². The predicted octanol–water partition coefficient (Wildman–Crippen LogP) is 1.90. The Morgan fingerprint density at radius 3 is 2.69 bits per heavy atom. The third-order valence-electron chi connectivity index (χ3n) is 2.09. The summed E-state index contributed by atoms with van der Waals surface area (Å²) in [6.45, 7) is 6.25. The lowest BCUT2D eigenvalue weighted by atomic mass is 10.3. The fourth-order valence-electron chi connectivity index (χ4n) is 1.21. The Morgan fingerprint density at radius 1 is 1.38 bits per heavy atom. The van der Waals surface area contributed by atoms with Gasteiger partial charge in [-0.1, -0.05) is 0 Å². The molecule has 1 heterocycles. The van der Waals surface area contributed by atoms with E-state index in [4.69, 9.17) is 4.74 Å². The van der Waals surface area contributed by atoms with Crippen molar-refractivity contribution in [2.24, 2.45) is 0 Å². The summed E-state index contributed by atoms with van der Waals surface area (Å²) in [5.74, 6) is 2.62. The third kappa shape index (κ3) is 5.55. The zero-order valence-electron chi connectivity index (χ0n) is 8.71. The summed E-state index contributed by atoms with van der Waals surface area (Å²) in [7, 11) is 0. The Hall–Kier alpha value is 0.270. The quantitative estimate of drug-likeness (QED) is 0.639. The van der Waals surface area contributed by atoms with Gasteiger partial charge in [-0.05, 0) is 33.2 Å². The van der Waals surface area contributed by atoms with Gasteiger partial charge < -0.3 is 10.1 Å². The first kappa shape index (κ1) is 11.3. The van der Waals surface area contributed by atoms with E-state index in [0.717, 1.165) is 19.2 Å². The SMILES string of the molecule is CC(C)OCCCCNC1CSC1. The molecule has 0 atom stereocenters. The van der Waals surface area contributed by atoms with Crippen LogP contribution in [0.5, 0.6) is 0 Å². The van der Waals surface area contributed by atoms with Gasteiger partial charge in [0.25, 0.3) is 0 Å². The van der Waals surface area contributed by atoms with E-state index >= 15 is 0 Å². The normalized spacial score (nSPS) is 17.8. The van der Waals surface area contributed by atoms with Crippen LogP contribution in [0.15, 0.2) is 0 Å². The van der Waals surface area contributed by atoms with Crippen molar-refractivity contribution in [1.29, 1.82) is 0 Å². The second kappa shape index (κ2) is 6.68. The van der Waals surface area contributed by atoms with Gasteiger partial charge in [0.15, 0.2) is 0 Å². The second-order valence-electron chi connectivity index (χ2n) is 3.82. The molecule has 0 aliphatic carbocycles. The number of hydrogen-bond donors (Lipinski definition) is 1. The Labute approximate surface area is 85.8 Å². The van der Waals surface area contributed by atoms with Gasteiger partial charge in [0, 0.05) is 24.2 Å². The molecule has 13 heavy (non-hydrogen) atoms. The van der Waals surface area contributed by atoms with Crippen LogP contribution >= 0.6 is 11.8 Å². The minimum Gasteiger partial charge on any atom is -0.379 e. The van der Waals surface area contributed by atoms with Crippen molar-refractivity contribution in [1.82, 2.24) is 5.32 Å². The highest BCUT2D eigenvalue weighted by atomic mass is 32.2. The van der Waals surface area contributed by atoms with Crippen molar-refractivity contribution < 1.29 is 4.74 Å². The number of unbranched alkanes of at least 4 members (excludes halogenated alkanes) is 1. The van der Waals surface area contributed by atoms with E-state index in [1.165, 1.54) is 24.3 Å². The predicted molar refractivity (Wildman–Crippen MR) is 59.4 cm³/mol. The van der Waals surface area contributed by atoms with E-state index < -0.39 is 0 Å². The average molecular weight is 203 g/mol. The smallest absolute Gasteiger partial charge is 0.0518 e. The van der Waals surface area contributed by atoms with Gasteiger partial charge in [0.1, 0.15) is 0 Å². The minimum atomic E-state index is 0.385. The molecule has 0 bridgehead atoms. The van der Waals surface area contributed by atoms with Crippen LogP contribution in [0.2, 0.25) is 0 Å². The van der Waals surface area contributed by atoms with E-state index in [1.807, 2.05) is 11.8 Å². The molecule has 0 spiro atoms. The van der Waals surface area contributed by atoms with Gasteiger partial charge in [0.05, 0.1) is 6.10 Å². The molecule has 0 saturated carbocycles. The summed E-state index contributed by atoms with van der Waals surface area (Å²) >= 11 is 2.03. The van der Waals surface area contributed by atoms with Crippen molar-refractivity contribution >= 4 is 11.8 Å². The van der Waals surface area contributed by atoms with Crippen LogP contribution in [-0.4, -0.2) is 36.8 Å². The first-order valence-electron chi connectivity index (χ1n) is 5.22. The maximum atomic E-state index is 5.46. The van der Waals surface area contributed by atoms with E-state index in [2.05, 4.69) is 19.2 Å². The van der Waals surface area contributed by atoms with Crippen LogP contribution in [-0.2, 0) is 4.74 Å². The number of nitrogens with one attached hydrogen (secondary N) is 1. The van der Waals surface area contributed by atoms with E-state index in [0.29, 0.717) is 6.10 Å². The Balaban J connectivity index is 1.73. The highest BCUT2D eigenvalue weighted by Gasteiger charge is 2.15. The largest absolute Gasteiger partial charge is 0.379 e. The summed E-state index contributed by atoms with van der Waals surface area (Å²) in [6, 6.07) is 0.802. The summed E-state index contributed by atoms with van der Waals surface area (Å²) in [4.78, 5) is 0. The van der Waals surface area contributed by atoms with Gasteiger partial charge in [-0.2, -0.15) is 11.8 Å². The molecule has 0 aromatic carbocycles. The molecule has 3 heteroatoms. The van der Waals surface area contributed by atoms with E-state index in [9.17, 15) is 0 Å². The van der Waals surface area contributed by atoms with Crippen LogP contribution in [0, 0.1) is 0 Å². The molecule has 1 rings (SSSR count). The van der Waals surface area contributed by atoms with Crippen molar-refractivity contribution in [2.75, 3.05) is 24.7 Å². The monoisotopic (exact) mass is 203 g/mol. The molecule has 1 aliphatic heterocycles. The zero-order valence-corrected chi connectivity index (χ0v) is 9.53. The zero-order chi connectivity index (χ0) is 9.52. The number of rotatable bonds is 7. The van der Waals surface area contributed by atoms with Gasteiger partial charge in [-0.3, -0.25) is 0 Å². The fraction of sp³-hybridized carbons (Fsp3) is 1.00. The molecule has 78 valence electrons. The van der Waals surface area contributed by atoms with Crippen LogP contribution in [0.4, 0.5) is 0 Å². The third-order valence-corrected chi connectivity index (χ3v) is 3.37. The first-order valence-corrected chi connectivity index (χ1v) is 6.37. The summed E-state index contributed by atoms with van der Waals surface area (Å²) in [5.41, 5.74) is 0. The molecular weight excluding hydrogens is 182 g/mol.